The Morgan fingerprint density at radius 3 is 2.04 bits per heavy atom. The van der Waals surface area contributed by atoms with Gasteiger partial charge in [-0.3, -0.25) is 4.79 Å². The standard InChI is InChI=1S/C24H33NO2/c1-23(2,3)16-18-27-24(4,5)15-17-25-22(26)21-13-11-20(12-14-21)19-9-7-6-8-10-19/h6-14H,15-18H2,1-5H3,(H,25,26). The maximum absolute atomic E-state index is 12.4. The number of benzene rings is 2. The maximum atomic E-state index is 12.4. The predicted octanol–water partition coefficient (Wildman–Crippen LogP) is 5.70. The molecule has 0 aliphatic carbocycles. The molecule has 2 rings (SSSR count). The Morgan fingerprint density at radius 1 is 0.852 bits per heavy atom. The number of amides is 1. The molecule has 2 aromatic carbocycles. The van der Waals surface area contributed by atoms with Crippen LogP contribution in [0.2, 0.25) is 0 Å². The number of rotatable bonds is 8. The molecule has 3 heteroatoms. The summed E-state index contributed by atoms with van der Waals surface area (Å²) >= 11 is 0. The van der Waals surface area contributed by atoms with E-state index in [9.17, 15) is 4.79 Å². The molecule has 27 heavy (non-hydrogen) atoms. The van der Waals surface area contributed by atoms with Crippen LogP contribution < -0.4 is 5.32 Å². The van der Waals surface area contributed by atoms with Crippen LogP contribution in [0.5, 0.6) is 0 Å². The van der Waals surface area contributed by atoms with E-state index in [4.69, 9.17) is 4.74 Å². The topological polar surface area (TPSA) is 38.3 Å². The van der Waals surface area contributed by atoms with E-state index in [0.29, 0.717) is 12.1 Å². The van der Waals surface area contributed by atoms with Crippen molar-refractivity contribution in [3.63, 3.8) is 0 Å². The van der Waals surface area contributed by atoms with Gasteiger partial charge in [0.1, 0.15) is 0 Å². The number of ether oxygens (including phenoxy) is 1. The van der Waals surface area contributed by atoms with Crippen LogP contribution in [0.25, 0.3) is 11.1 Å². The van der Waals surface area contributed by atoms with E-state index in [2.05, 4.69) is 52.1 Å². The number of nitrogens with one attached hydrogen (secondary N) is 1. The van der Waals surface area contributed by atoms with Gasteiger partial charge in [0.05, 0.1) is 5.60 Å². The van der Waals surface area contributed by atoms with Gasteiger partial charge in [-0.2, -0.15) is 0 Å². The highest BCUT2D eigenvalue weighted by molar-refractivity contribution is 5.94. The molecular weight excluding hydrogens is 334 g/mol. The largest absolute Gasteiger partial charge is 0.375 e. The molecule has 0 unspecified atom stereocenters. The van der Waals surface area contributed by atoms with Crippen LogP contribution >= 0.6 is 0 Å². The van der Waals surface area contributed by atoms with Gasteiger partial charge in [-0.1, -0.05) is 63.2 Å². The van der Waals surface area contributed by atoms with E-state index < -0.39 is 0 Å². The zero-order valence-electron chi connectivity index (χ0n) is 17.3. The molecule has 0 bridgehead atoms. The Morgan fingerprint density at radius 2 is 1.44 bits per heavy atom. The molecule has 0 radical (unpaired) electrons. The van der Waals surface area contributed by atoms with Gasteiger partial charge >= 0.3 is 0 Å². The molecule has 0 atom stereocenters. The number of carbonyl (C=O) groups is 1. The van der Waals surface area contributed by atoms with E-state index in [1.807, 2.05) is 42.5 Å². The second-order valence-electron chi connectivity index (χ2n) is 8.87. The Bertz CT molecular complexity index is 712. The summed E-state index contributed by atoms with van der Waals surface area (Å²) < 4.78 is 6.01. The molecule has 146 valence electrons. The highest BCUT2D eigenvalue weighted by atomic mass is 16.5. The van der Waals surface area contributed by atoms with Crippen LogP contribution in [0.3, 0.4) is 0 Å². The summed E-state index contributed by atoms with van der Waals surface area (Å²) in [5.74, 6) is -0.0416. The molecule has 0 aliphatic rings. The monoisotopic (exact) mass is 367 g/mol. The van der Waals surface area contributed by atoms with E-state index in [-0.39, 0.29) is 16.9 Å². The summed E-state index contributed by atoms with van der Waals surface area (Å²) in [5, 5.41) is 3.00. The fourth-order valence-electron chi connectivity index (χ4n) is 2.73. The van der Waals surface area contributed by atoms with Gasteiger partial charge in [0.2, 0.25) is 0 Å². The van der Waals surface area contributed by atoms with Gasteiger partial charge in [-0.15, -0.1) is 0 Å². The van der Waals surface area contributed by atoms with Gasteiger partial charge < -0.3 is 10.1 Å². The lowest BCUT2D eigenvalue weighted by Crippen LogP contribution is -2.33. The second-order valence-corrected chi connectivity index (χ2v) is 8.87. The summed E-state index contributed by atoms with van der Waals surface area (Å²) in [5.41, 5.74) is 2.98. The smallest absolute Gasteiger partial charge is 0.251 e. The summed E-state index contributed by atoms with van der Waals surface area (Å²) in [6, 6.07) is 17.9. The van der Waals surface area contributed by atoms with Crippen molar-refractivity contribution in [2.75, 3.05) is 13.2 Å². The Balaban J connectivity index is 1.80. The highest BCUT2D eigenvalue weighted by Crippen LogP contribution is 2.22. The number of carbonyl (C=O) groups excluding carboxylic acids is 1. The van der Waals surface area contributed by atoms with Crippen LogP contribution in [0, 0.1) is 5.41 Å². The van der Waals surface area contributed by atoms with Gasteiger partial charge in [-0.05, 0) is 55.4 Å². The van der Waals surface area contributed by atoms with Crippen molar-refractivity contribution in [3.8, 4) is 11.1 Å². The number of hydrogen-bond acceptors (Lipinski definition) is 2. The Labute approximate surface area is 164 Å². The normalized spacial score (nSPS) is 12.0. The van der Waals surface area contributed by atoms with Crippen LogP contribution in [0.15, 0.2) is 54.6 Å². The minimum Gasteiger partial charge on any atom is -0.375 e. The first-order valence-corrected chi connectivity index (χ1v) is 9.74. The molecule has 1 N–H and O–H groups in total. The van der Waals surface area contributed by atoms with Crippen LogP contribution in [0.1, 0.15) is 57.8 Å². The average molecular weight is 368 g/mol. The van der Waals surface area contributed by atoms with Crippen LogP contribution in [-0.2, 0) is 4.74 Å². The minimum absolute atomic E-state index is 0.0416. The van der Waals surface area contributed by atoms with Gasteiger partial charge in [-0.25, -0.2) is 0 Å². The van der Waals surface area contributed by atoms with Gasteiger partial charge in [0.25, 0.3) is 5.91 Å². The van der Waals surface area contributed by atoms with Crippen molar-refractivity contribution in [2.24, 2.45) is 5.41 Å². The summed E-state index contributed by atoms with van der Waals surface area (Å²) in [4.78, 5) is 12.4. The summed E-state index contributed by atoms with van der Waals surface area (Å²) in [6.07, 6.45) is 1.81. The molecule has 3 nitrogen and oxygen atoms in total. The number of hydrogen-bond donors (Lipinski definition) is 1. The lowest BCUT2D eigenvalue weighted by molar-refractivity contribution is -0.0322. The minimum atomic E-state index is -0.240. The van der Waals surface area contributed by atoms with Crippen molar-refractivity contribution in [1.82, 2.24) is 5.32 Å². The maximum Gasteiger partial charge on any atom is 0.251 e. The van der Waals surface area contributed by atoms with Crippen molar-refractivity contribution in [2.45, 2.75) is 53.1 Å². The molecule has 0 fully saturated rings. The van der Waals surface area contributed by atoms with Crippen molar-refractivity contribution < 1.29 is 9.53 Å². The quantitative estimate of drug-likeness (QED) is 0.649. The molecule has 0 aliphatic heterocycles. The second kappa shape index (κ2) is 9.18. The fourth-order valence-corrected chi connectivity index (χ4v) is 2.73. The van der Waals surface area contributed by atoms with Crippen molar-refractivity contribution in [3.05, 3.63) is 60.2 Å². The molecule has 0 saturated carbocycles. The molecule has 2 aromatic rings. The molecule has 0 aromatic heterocycles. The summed E-state index contributed by atoms with van der Waals surface area (Å²) in [6.45, 7) is 12.1. The summed E-state index contributed by atoms with van der Waals surface area (Å²) in [7, 11) is 0. The fraction of sp³-hybridized carbons (Fsp3) is 0.458. The first kappa shape index (κ1) is 21.2. The lowest BCUT2D eigenvalue weighted by Gasteiger charge is -2.27. The zero-order chi connectivity index (χ0) is 19.9. The van der Waals surface area contributed by atoms with Crippen LogP contribution in [0.4, 0.5) is 0 Å². The predicted molar refractivity (Wildman–Crippen MR) is 113 cm³/mol. The molecular formula is C24H33NO2. The lowest BCUT2D eigenvalue weighted by atomic mass is 9.93. The first-order valence-electron chi connectivity index (χ1n) is 9.74. The first-order chi connectivity index (χ1) is 12.7. The Kier molecular flexibility index (Phi) is 7.20. The molecule has 0 spiro atoms. The zero-order valence-corrected chi connectivity index (χ0v) is 17.3. The molecule has 1 amide bonds. The third-order valence-electron chi connectivity index (χ3n) is 4.61. The van der Waals surface area contributed by atoms with Gasteiger partial charge in [0.15, 0.2) is 0 Å². The van der Waals surface area contributed by atoms with E-state index in [1.54, 1.807) is 0 Å². The van der Waals surface area contributed by atoms with E-state index >= 15 is 0 Å². The van der Waals surface area contributed by atoms with Crippen molar-refractivity contribution in [1.29, 1.82) is 0 Å². The van der Waals surface area contributed by atoms with E-state index in [0.717, 1.165) is 30.6 Å². The van der Waals surface area contributed by atoms with Crippen molar-refractivity contribution >= 4 is 5.91 Å². The van der Waals surface area contributed by atoms with Gasteiger partial charge in [0, 0.05) is 18.7 Å². The van der Waals surface area contributed by atoms with Crippen LogP contribution in [-0.4, -0.2) is 24.7 Å². The van der Waals surface area contributed by atoms with E-state index in [1.165, 1.54) is 0 Å². The third kappa shape index (κ3) is 7.56. The SMILES string of the molecule is CC(C)(C)CCOC(C)(C)CCNC(=O)c1ccc(-c2ccccc2)cc1. The average Bonchev–Trinajstić information content (AvgIpc) is 2.61. The molecule has 0 heterocycles. The Hall–Kier alpha value is -2.13. The molecule has 0 saturated heterocycles. The third-order valence-corrected chi connectivity index (χ3v) is 4.61. The highest BCUT2D eigenvalue weighted by Gasteiger charge is 2.20.